The minimum absolute atomic E-state index is 0.285. The molecule has 0 aromatic heterocycles. The van der Waals surface area contributed by atoms with E-state index in [9.17, 15) is 9.59 Å². The first-order chi connectivity index (χ1) is 9.58. The summed E-state index contributed by atoms with van der Waals surface area (Å²) < 4.78 is 10.3. The van der Waals surface area contributed by atoms with E-state index in [0.717, 1.165) is 24.3 Å². The first-order valence-corrected chi connectivity index (χ1v) is 8.66. The van der Waals surface area contributed by atoms with E-state index in [4.69, 9.17) is 9.47 Å². The van der Waals surface area contributed by atoms with Crippen molar-refractivity contribution in [3.8, 4) is 0 Å². The van der Waals surface area contributed by atoms with Gasteiger partial charge in [0.2, 0.25) is 0 Å². The molecule has 0 amide bonds. The van der Waals surface area contributed by atoms with Crippen molar-refractivity contribution in [1.29, 1.82) is 0 Å². The van der Waals surface area contributed by atoms with Crippen LogP contribution in [0.3, 0.4) is 0 Å². The van der Waals surface area contributed by atoms with Crippen LogP contribution in [0.25, 0.3) is 0 Å². The molecule has 5 heteroatoms. The summed E-state index contributed by atoms with van der Waals surface area (Å²) in [4.78, 5) is 24.6. The second-order valence-corrected chi connectivity index (χ2v) is 5.97. The van der Waals surface area contributed by atoms with Crippen LogP contribution in [0.2, 0.25) is 0 Å². The van der Waals surface area contributed by atoms with Gasteiger partial charge in [-0.05, 0) is 44.6 Å². The van der Waals surface area contributed by atoms with Crippen LogP contribution in [0.15, 0.2) is 0 Å². The topological polar surface area (TPSA) is 52.6 Å². The van der Waals surface area contributed by atoms with E-state index in [0.29, 0.717) is 12.8 Å². The molecule has 0 bridgehead atoms. The van der Waals surface area contributed by atoms with Gasteiger partial charge in [0.15, 0.2) is 5.41 Å². The largest absolute Gasteiger partial charge is 0.465 e. The monoisotopic (exact) mass is 304 g/mol. The zero-order valence-corrected chi connectivity index (χ0v) is 14.0. The standard InChI is InChI=1S/C15H28O4S/c1-5-10-15(13(16)18-6-2,14(17)19-7-3)11-9-12-20-8-4/h5-12H2,1-4H3. The SMILES string of the molecule is CCCC(CCCSCC)(C(=O)OCC)C(=O)OCC. The Kier molecular flexibility index (Phi) is 10.6. The Morgan fingerprint density at radius 2 is 1.50 bits per heavy atom. The van der Waals surface area contributed by atoms with E-state index in [1.165, 1.54) is 0 Å². The normalized spacial score (nSPS) is 11.2. The van der Waals surface area contributed by atoms with Gasteiger partial charge in [-0.2, -0.15) is 11.8 Å². The van der Waals surface area contributed by atoms with Gasteiger partial charge in [0.05, 0.1) is 13.2 Å². The summed E-state index contributed by atoms with van der Waals surface area (Å²) in [5.74, 6) is 1.13. The maximum Gasteiger partial charge on any atom is 0.323 e. The summed E-state index contributed by atoms with van der Waals surface area (Å²) in [5, 5.41) is 0. The zero-order chi connectivity index (χ0) is 15.4. The van der Waals surface area contributed by atoms with Gasteiger partial charge in [0.1, 0.15) is 0 Å². The smallest absolute Gasteiger partial charge is 0.323 e. The highest BCUT2D eigenvalue weighted by molar-refractivity contribution is 7.99. The molecule has 0 spiro atoms. The lowest BCUT2D eigenvalue weighted by Gasteiger charge is -2.28. The van der Waals surface area contributed by atoms with Crippen LogP contribution in [-0.2, 0) is 19.1 Å². The van der Waals surface area contributed by atoms with Crippen molar-refractivity contribution in [3.05, 3.63) is 0 Å². The molecule has 0 atom stereocenters. The van der Waals surface area contributed by atoms with Gasteiger partial charge in [0, 0.05) is 0 Å². The summed E-state index contributed by atoms with van der Waals surface area (Å²) in [6, 6.07) is 0. The quantitative estimate of drug-likeness (QED) is 0.332. The van der Waals surface area contributed by atoms with Crippen LogP contribution >= 0.6 is 11.8 Å². The molecule has 0 fully saturated rings. The van der Waals surface area contributed by atoms with Crippen LogP contribution in [0.5, 0.6) is 0 Å². The number of carbonyl (C=O) groups excluding carboxylic acids is 2. The van der Waals surface area contributed by atoms with Crippen molar-refractivity contribution >= 4 is 23.7 Å². The molecule has 0 radical (unpaired) electrons. The van der Waals surface area contributed by atoms with E-state index in [1.807, 2.05) is 18.7 Å². The molecule has 0 aromatic rings. The fourth-order valence-corrected chi connectivity index (χ4v) is 2.84. The molecule has 4 nitrogen and oxygen atoms in total. The highest BCUT2D eigenvalue weighted by Gasteiger charge is 2.47. The fourth-order valence-electron chi connectivity index (χ4n) is 2.20. The molecule has 0 heterocycles. The maximum atomic E-state index is 12.3. The molecular formula is C15H28O4S. The Labute approximate surface area is 127 Å². The minimum atomic E-state index is -1.12. The average Bonchev–Trinajstić information content (AvgIpc) is 2.42. The van der Waals surface area contributed by atoms with E-state index in [1.54, 1.807) is 13.8 Å². The Bertz CT molecular complexity index is 274. The van der Waals surface area contributed by atoms with Crippen molar-refractivity contribution in [2.75, 3.05) is 24.7 Å². The van der Waals surface area contributed by atoms with Crippen LogP contribution in [0, 0.1) is 5.41 Å². The number of esters is 2. The van der Waals surface area contributed by atoms with E-state index in [-0.39, 0.29) is 13.2 Å². The summed E-state index contributed by atoms with van der Waals surface area (Å²) in [6.07, 6.45) is 2.56. The molecule has 0 saturated heterocycles. The van der Waals surface area contributed by atoms with Gasteiger partial charge >= 0.3 is 11.9 Å². The Balaban J connectivity index is 5.00. The molecule has 0 N–H and O–H groups in total. The first-order valence-electron chi connectivity index (χ1n) is 7.51. The number of carbonyl (C=O) groups is 2. The van der Waals surface area contributed by atoms with E-state index >= 15 is 0 Å². The van der Waals surface area contributed by atoms with E-state index < -0.39 is 17.4 Å². The molecule has 0 aliphatic carbocycles. The van der Waals surface area contributed by atoms with Gasteiger partial charge in [-0.1, -0.05) is 20.3 Å². The average molecular weight is 304 g/mol. The second kappa shape index (κ2) is 11.0. The van der Waals surface area contributed by atoms with Gasteiger partial charge in [-0.3, -0.25) is 9.59 Å². The Morgan fingerprint density at radius 1 is 0.950 bits per heavy atom. The Hall–Kier alpha value is -0.710. The zero-order valence-electron chi connectivity index (χ0n) is 13.2. The highest BCUT2D eigenvalue weighted by Crippen LogP contribution is 2.34. The van der Waals surface area contributed by atoms with Crippen LogP contribution in [0.1, 0.15) is 53.4 Å². The molecular weight excluding hydrogens is 276 g/mol. The van der Waals surface area contributed by atoms with Crippen LogP contribution in [-0.4, -0.2) is 36.7 Å². The van der Waals surface area contributed by atoms with Crippen LogP contribution in [0.4, 0.5) is 0 Å². The summed E-state index contributed by atoms with van der Waals surface area (Å²) in [6.45, 7) is 8.15. The lowest BCUT2D eigenvalue weighted by atomic mass is 9.79. The second-order valence-electron chi connectivity index (χ2n) is 4.57. The van der Waals surface area contributed by atoms with Gasteiger partial charge in [0.25, 0.3) is 0 Å². The third-order valence-electron chi connectivity index (χ3n) is 3.11. The summed E-state index contributed by atoms with van der Waals surface area (Å²) in [7, 11) is 0. The molecule has 0 unspecified atom stereocenters. The third kappa shape index (κ3) is 5.73. The number of thioether (sulfide) groups is 1. The third-order valence-corrected chi connectivity index (χ3v) is 4.09. The molecule has 0 rings (SSSR count). The van der Waals surface area contributed by atoms with Crippen molar-refractivity contribution < 1.29 is 19.1 Å². The number of ether oxygens (including phenoxy) is 2. The summed E-state index contributed by atoms with van der Waals surface area (Å²) >= 11 is 1.81. The predicted molar refractivity (Wildman–Crippen MR) is 82.8 cm³/mol. The fraction of sp³-hybridized carbons (Fsp3) is 0.867. The van der Waals surface area contributed by atoms with Crippen molar-refractivity contribution in [3.63, 3.8) is 0 Å². The predicted octanol–water partition coefficient (Wildman–Crippen LogP) is 3.43. The Morgan fingerprint density at radius 3 is 1.90 bits per heavy atom. The molecule has 0 saturated carbocycles. The maximum absolute atomic E-state index is 12.3. The lowest BCUT2D eigenvalue weighted by molar-refractivity contribution is -0.173. The highest BCUT2D eigenvalue weighted by atomic mass is 32.2. The number of hydrogen-bond acceptors (Lipinski definition) is 5. The summed E-state index contributed by atoms with van der Waals surface area (Å²) in [5.41, 5.74) is -1.12. The van der Waals surface area contributed by atoms with Gasteiger partial charge in [-0.25, -0.2) is 0 Å². The van der Waals surface area contributed by atoms with Crippen molar-refractivity contribution in [1.82, 2.24) is 0 Å². The van der Waals surface area contributed by atoms with Crippen molar-refractivity contribution in [2.45, 2.75) is 53.4 Å². The first kappa shape index (κ1) is 19.3. The van der Waals surface area contributed by atoms with Crippen LogP contribution < -0.4 is 0 Å². The molecule has 20 heavy (non-hydrogen) atoms. The van der Waals surface area contributed by atoms with Gasteiger partial charge in [-0.15, -0.1) is 0 Å². The molecule has 0 aliphatic heterocycles. The number of hydrogen-bond donors (Lipinski definition) is 0. The molecule has 118 valence electrons. The minimum Gasteiger partial charge on any atom is -0.465 e. The molecule has 0 aromatic carbocycles. The van der Waals surface area contributed by atoms with Gasteiger partial charge < -0.3 is 9.47 Å². The number of rotatable bonds is 11. The van der Waals surface area contributed by atoms with E-state index in [2.05, 4.69) is 6.92 Å². The molecule has 0 aliphatic rings. The van der Waals surface area contributed by atoms with Crippen molar-refractivity contribution in [2.24, 2.45) is 5.41 Å². The lowest BCUT2D eigenvalue weighted by Crippen LogP contribution is -2.42.